The van der Waals surface area contributed by atoms with Gasteiger partial charge in [-0.05, 0) is 32.1 Å². The van der Waals surface area contributed by atoms with E-state index in [0.717, 1.165) is 12.8 Å². The number of rotatable bonds is 17. The van der Waals surface area contributed by atoms with Gasteiger partial charge in [0.25, 0.3) is 0 Å². The molecule has 0 bridgehead atoms. The first-order valence-electron chi connectivity index (χ1n) is 11.1. The quantitative estimate of drug-likeness (QED) is 0.262. The maximum Gasteiger partial charge on any atom is 0.114 e. The Bertz CT molecular complexity index is 361. The fourth-order valence-corrected chi connectivity index (χ4v) is 3.44. The molecule has 4 atom stereocenters. The Morgan fingerprint density at radius 1 is 0.926 bits per heavy atom. The Morgan fingerprint density at radius 3 is 2.07 bits per heavy atom. The lowest BCUT2D eigenvalue weighted by atomic mass is 10.1. The van der Waals surface area contributed by atoms with Crippen molar-refractivity contribution < 1.29 is 24.8 Å². The molecule has 3 N–H and O–H groups in total. The molecule has 5 heteroatoms. The summed E-state index contributed by atoms with van der Waals surface area (Å²) >= 11 is 0. The number of hydrogen-bond acceptors (Lipinski definition) is 5. The highest BCUT2D eigenvalue weighted by atomic mass is 16.6. The smallest absolute Gasteiger partial charge is 0.114 e. The van der Waals surface area contributed by atoms with Crippen LogP contribution in [0.25, 0.3) is 0 Å². The highest BCUT2D eigenvalue weighted by Crippen LogP contribution is 2.20. The van der Waals surface area contributed by atoms with E-state index >= 15 is 0 Å². The Hall–Kier alpha value is -0.460. The molecule has 1 rings (SSSR count). The molecule has 0 unspecified atom stereocenters. The first-order chi connectivity index (χ1) is 13.2. The van der Waals surface area contributed by atoms with Crippen molar-refractivity contribution in [2.75, 3.05) is 19.8 Å². The van der Waals surface area contributed by atoms with E-state index in [0.29, 0.717) is 6.61 Å². The van der Waals surface area contributed by atoms with E-state index in [4.69, 9.17) is 9.47 Å². The molecule has 0 aromatic heterocycles. The molecule has 1 saturated heterocycles. The van der Waals surface area contributed by atoms with Crippen molar-refractivity contribution in [3.05, 3.63) is 12.2 Å². The Kier molecular flexibility index (Phi) is 15.0. The van der Waals surface area contributed by atoms with Crippen LogP contribution in [0.4, 0.5) is 0 Å². The topological polar surface area (TPSA) is 79.2 Å². The summed E-state index contributed by atoms with van der Waals surface area (Å²) in [7, 11) is 0. The van der Waals surface area contributed by atoms with Crippen LogP contribution in [0.5, 0.6) is 0 Å². The molecule has 1 fully saturated rings. The zero-order valence-corrected chi connectivity index (χ0v) is 17.2. The van der Waals surface area contributed by atoms with Crippen molar-refractivity contribution in [2.24, 2.45) is 0 Å². The average Bonchev–Trinajstić information content (AvgIpc) is 3.00. The fraction of sp³-hybridized carbons (Fsp3) is 0.909. The summed E-state index contributed by atoms with van der Waals surface area (Å²) in [6.07, 6.45) is 16.5. The highest BCUT2D eigenvalue weighted by molar-refractivity contribution is 4.88. The second-order valence-electron chi connectivity index (χ2n) is 7.68. The fourth-order valence-electron chi connectivity index (χ4n) is 3.44. The molecule has 160 valence electrons. The Morgan fingerprint density at radius 2 is 1.52 bits per heavy atom. The number of aliphatic hydroxyl groups is 3. The summed E-state index contributed by atoms with van der Waals surface area (Å²) in [5.74, 6) is 0. The lowest BCUT2D eigenvalue weighted by Crippen LogP contribution is -2.42. The van der Waals surface area contributed by atoms with E-state index in [1.54, 1.807) is 0 Å². The standard InChI is InChI=1S/C22H42O5/c1-2-3-4-5-6-7-8-9-10-11-12-13-14-15-16-26-20(17-23)22-21(25)19(24)18-27-22/h6-7,19-25H,2-5,8-18H2,1H3/b7-6+/t19-,20+,21-,22-/m0/s1. The molecule has 0 saturated carbocycles. The molecule has 27 heavy (non-hydrogen) atoms. The Labute approximate surface area is 165 Å². The van der Waals surface area contributed by atoms with Gasteiger partial charge < -0.3 is 24.8 Å². The second-order valence-corrected chi connectivity index (χ2v) is 7.68. The van der Waals surface area contributed by atoms with Gasteiger partial charge in [0, 0.05) is 6.61 Å². The lowest BCUT2D eigenvalue weighted by Gasteiger charge is -2.24. The van der Waals surface area contributed by atoms with Crippen molar-refractivity contribution >= 4 is 0 Å². The van der Waals surface area contributed by atoms with Crippen molar-refractivity contribution in [1.29, 1.82) is 0 Å². The SMILES string of the molecule is CCCCC/C=C/CCCCCCCCCO[C@H](CO)[C@@H]1OC[C@H](O)[C@@H]1O. The van der Waals surface area contributed by atoms with Gasteiger partial charge in [0.1, 0.15) is 24.4 Å². The first kappa shape index (κ1) is 24.6. The van der Waals surface area contributed by atoms with E-state index in [2.05, 4.69) is 19.1 Å². The van der Waals surface area contributed by atoms with Gasteiger partial charge in [-0.3, -0.25) is 0 Å². The van der Waals surface area contributed by atoms with Gasteiger partial charge in [-0.25, -0.2) is 0 Å². The molecule has 0 radical (unpaired) electrons. The number of aliphatic hydroxyl groups excluding tert-OH is 3. The largest absolute Gasteiger partial charge is 0.394 e. The van der Waals surface area contributed by atoms with Gasteiger partial charge in [0.05, 0.1) is 13.2 Å². The van der Waals surface area contributed by atoms with Gasteiger partial charge in [0.15, 0.2) is 0 Å². The normalized spacial score (nSPS) is 24.1. The second kappa shape index (κ2) is 16.5. The van der Waals surface area contributed by atoms with E-state index < -0.39 is 24.4 Å². The number of allylic oxidation sites excluding steroid dienone is 2. The Balaban J connectivity index is 1.88. The minimum Gasteiger partial charge on any atom is -0.394 e. The van der Waals surface area contributed by atoms with Crippen LogP contribution in [0, 0.1) is 0 Å². The van der Waals surface area contributed by atoms with Crippen molar-refractivity contribution in [1.82, 2.24) is 0 Å². The van der Waals surface area contributed by atoms with Crippen LogP contribution >= 0.6 is 0 Å². The maximum absolute atomic E-state index is 9.81. The summed E-state index contributed by atoms with van der Waals surface area (Å²) in [6.45, 7) is 2.68. The van der Waals surface area contributed by atoms with Crippen LogP contribution in [0.2, 0.25) is 0 Å². The average molecular weight is 387 g/mol. The molecule has 0 amide bonds. The van der Waals surface area contributed by atoms with E-state index in [1.807, 2.05) is 0 Å². The van der Waals surface area contributed by atoms with Crippen LogP contribution in [-0.4, -0.2) is 59.6 Å². The maximum atomic E-state index is 9.81. The summed E-state index contributed by atoms with van der Waals surface area (Å²) < 4.78 is 11.0. The van der Waals surface area contributed by atoms with Crippen molar-refractivity contribution in [3.63, 3.8) is 0 Å². The van der Waals surface area contributed by atoms with Crippen molar-refractivity contribution in [2.45, 2.75) is 108 Å². The van der Waals surface area contributed by atoms with E-state index in [-0.39, 0.29) is 13.2 Å². The molecule has 0 aromatic rings. The molecule has 1 heterocycles. The number of hydrogen-bond donors (Lipinski definition) is 3. The molecular weight excluding hydrogens is 344 g/mol. The minimum absolute atomic E-state index is 0.0976. The lowest BCUT2D eigenvalue weighted by molar-refractivity contribution is -0.101. The first-order valence-corrected chi connectivity index (χ1v) is 11.1. The number of unbranched alkanes of at least 4 members (excludes halogenated alkanes) is 10. The third kappa shape index (κ3) is 11.2. The third-order valence-corrected chi connectivity index (χ3v) is 5.22. The molecule has 0 spiro atoms. The van der Waals surface area contributed by atoms with Crippen LogP contribution in [0.15, 0.2) is 12.2 Å². The predicted octanol–water partition coefficient (Wildman–Crippen LogP) is 3.74. The molecule has 1 aliphatic rings. The molecule has 5 nitrogen and oxygen atoms in total. The van der Waals surface area contributed by atoms with Gasteiger partial charge in [-0.2, -0.15) is 0 Å². The minimum atomic E-state index is -0.978. The van der Waals surface area contributed by atoms with Gasteiger partial charge in [0.2, 0.25) is 0 Å². The van der Waals surface area contributed by atoms with Crippen LogP contribution in [-0.2, 0) is 9.47 Å². The summed E-state index contributed by atoms with van der Waals surface area (Å²) in [4.78, 5) is 0. The zero-order chi connectivity index (χ0) is 19.7. The summed E-state index contributed by atoms with van der Waals surface area (Å²) in [6, 6.07) is 0. The molecule has 0 aromatic carbocycles. The highest BCUT2D eigenvalue weighted by Gasteiger charge is 2.40. The van der Waals surface area contributed by atoms with E-state index in [1.165, 1.54) is 64.2 Å². The van der Waals surface area contributed by atoms with Gasteiger partial charge >= 0.3 is 0 Å². The molecule has 0 aliphatic carbocycles. The molecule has 1 aliphatic heterocycles. The van der Waals surface area contributed by atoms with Gasteiger partial charge in [-0.1, -0.05) is 64.0 Å². The summed E-state index contributed by atoms with van der Waals surface area (Å²) in [5.41, 5.74) is 0. The third-order valence-electron chi connectivity index (χ3n) is 5.22. The van der Waals surface area contributed by atoms with Gasteiger partial charge in [-0.15, -0.1) is 0 Å². The summed E-state index contributed by atoms with van der Waals surface area (Å²) in [5, 5.41) is 28.7. The van der Waals surface area contributed by atoms with Crippen LogP contribution < -0.4 is 0 Å². The van der Waals surface area contributed by atoms with Crippen LogP contribution in [0.3, 0.4) is 0 Å². The molecular formula is C22H42O5. The predicted molar refractivity (Wildman–Crippen MR) is 109 cm³/mol. The van der Waals surface area contributed by atoms with E-state index in [9.17, 15) is 15.3 Å². The zero-order valence-electron chi connectivity index (χ0n) is 17.2. The monoisotopic (exact) mass is 386 g/mol. The number of ether oxygens (including phenoxy) is 2. The van der Waals surface area contributed by atoms with Crippen molar-refractivity contribution in [3.8, 4) is 0 Å². The van der Waals surface area contributed by atoms with Crippen LogP contribution in [0.1, 0.15) is 84.0 Å².